The van der Waals surface area contributed by atoms with E-state index in [4.69, 9.17) is 4.42 Å². The van der Waals surface area contributed by atoms with Crippen molar-refractivity contribution in [3.05, 3.63) is 206 Å². The van der Waals surface area contributed by atoms with Crippen LogP contribution in [-0.2, 0) is 0 Å². The first-order chi connectivity index (χ1) is 28.3. The van der Waals surface area contributed by atoms with Gasteiger partial charge in [0.05, 0.1) is 27.8 Å². The van der Waals surface area contributed by atoms with E-state index in [2.05, 4.69) is 215 Å². The Morgan fingerprint density at radius 3 is 1.75 bits per heavy atom. The van der Waals surface area contributed by atoms with Gasteiger partial charge in [-0.25, -0.2) is 0 Å². The number of furan rings is 1. The predicted octanol–water partition coefficient (Wildman–Crippen LogP) is 14.8. The lowest BCUT2D eigenvalue weighted by atomic mass is 9.95. The van der Waals surface area contributed by atoms with E-state index in [9.17, 15) is 0 Å². The van der Waals surface area contributed by atoms with Gasteiger partial charge < -0.3 is 13.6 Å². The fraction of sp³-hybridized carbons (Fsp3) is 0. The van der Waals surface area contributed by atoms with Crippen molar-refractivity contribution in [3.63, 3.8) is 0 Å². The smallest absolute Gasteiger partial charge is 0.160 e. The summed E-state index contributed by atoms with van der Waals surface area (Å²) in [5, 5.41) is 7.15. The van der Waals surface area contributed by atoms with E-state index < -0.39 is 0 Å². The van der Waals surface area contributed by atoms with E-state index >= 15 is 0 Å². The number of fused-ring (bicyclic) bond motifs is 9. The highest BCUT2D eigenvalue weighted by atomic mass is 16.3. The van der Waals surface area contributed by atoms with E-state index in [1.54, 1.807) is 0 Å². The summed E-state index contributed by atoms with van der Waals surface area (Å²) in [7, 11) is 0. The molecule has 0 spiro atoms. The molecule has 3 heteroatoms. The number of hydrogen-bond donors (Lipinski definition) is 0. The van der Waals surface area contributed by atoms with Gasteiger partial charge in [-0.2, -0.15) is 0 Å². The molecule has 0 amide bonds. The Morgan fingerprint density at radius 1 is 0.316 bits per heavy atom. The lowest BCUT2D eigenvalue weighted by Crippen LogP contribution is -1.95. The fourth-order valence-electron chi connectivity index (χ4n) is 9.24. The summed E-state index contributed by atoms with van der Waals surface area (Å²) in [5.41, 5.74) is 15.7. The van der Waals surface area contributed by atoms with Crippen LogP contribution in [0.25, 0.3) is 110 Å². The summed E-state index contributed by atoms with van der Waals surface area (Å²) in [5.74, 6) is 0. The first-order valence-electron chi connectivity index (χ1n) is 19.5. The molecule has 0 saturated heterocycles. The lowest BCUT2D eigenvalue weighted by Gasteiger charge is -2.13. The Balaban J connectivity index is 1.10. The second kappa shape index (κ2) is 12.5. The highest BCUT2D eigenvalue weighted by Gasteiger charge is 2.22. The number of para-hydroxylation sites is 4. The molecule has 3 heterocycles. The van der Waals surface area contributed by atoms with E-state index in [0.29, 0.717) is 0 Å². The topological polar surface area (TPSA) is 23.0 Å². The second-order valence-corrected chi connectivity index (χ2v) is 14.9. The Labute approximate surface area is 328 Å². The molecule has 0 aliphatic carbocycles. The van der Waals surface area contributed by atoms with Gasteiger partial charge in [0.2, 0.25) is 0 Å². The van der Waals surface area contributed by atoms with E-state index in [1.807, 2.05) is 0 Å². The minimum atomic E-state index is 0.877. The SMILES string of the molecule is c1ccc(-c2cccc(-c3ccc(-n4c5ccccc5c5c(-c6ccc7c(c6)c6ccccc6n7-c6ccccc6)cccc54)c4oc5ccccc5c34)c2)cc1. The summed E-state index contributed by atoms with van der Waals surface area (Å²) in [6.45, 7) is 0. The maximum Gasteiger partial charge on any atom is 0.160 e. The molecule has 0 saturated carbocycles. The molecule has 0 unspecified atom stereocenters. The Hall–Kier alpha value is -7.62. The molecule has 3 nitrogen and oxygen atoms in total. The fourth-order valence-corrected chi connectivity index (χ4v) is 9.24. The zero-order valence-corrected chi connectivity index (χ0v) is 30.9. The van der Waals surface area contributed by atoms with Crippen LogP contribution in [0.4, 0.5) is 0 Å². The summed E-state index contributed by atoms with van der Waals surface area (Å²) in [4.78, 5) is 0. The van der Waals surface area contributed by atoms with E-state index in [0.717, 1.165) is 55.5 Å². The molecule has 9 aromatic carbocycles. The van der Waals surface area contributed by atoms with E-state index in [1.165, 1.54) is 54.8 Å². The van der Waals surface area contributed by atoms with Crippen LogP contribution in [0.5, 0.6) is 0 Å². The first-order valence-corrected chi connectivity index (χ1v) is 19.5. The molecule has 0 N–H and O–H groups in total. The maximum absolute atomic E-state index is 6.90. The van der Waals surface area contributed by atoms with Crippen molar-refractivity contribution in [2.24, 2.45) is 0 Å². The van der Waals surface area contributed by atoms with Gasteiger partial charge in [-0.15, -0.1) is 0 Å². The number of rotatable bonds is 5. The number of benzene rings is 9. The maximum atomic E-state index is 6.90. The number of nitrogens with zero attached hydrogens (tertiary/aromatic N) is 2. The first kappa shape index (κ1) is 31.7. The van der Waals surface area contributed by atoms with Crippen LogP contribution in [0.2, 0.25) is 0 Å². The molecule has 0 radical (unpaired) electrons. The van der Waals surface area contributed by atoms with Crippen LogP contribution in [0.15, 0.2) is 211 Å². The van der Waals surface area contributed by atoms with Gasteiger partial charge in [0.25, 0.3) is 0 Å². The number of hydrogen-bond acceptors (Lipinski definition) is 1. The van der Waals surface area contributed by atoms with Crippen LogP contribution in [0.3, 0.4) is 0 Å². The van der Waals surface area contributed by atoms with Crippen molar-refractivity contribution >= 4 is 65.6 Å². The third-order valence-corrected chi connectivity index (χ3v) is 11.7. The molecule has 12 rings (SSSR count). The minimum absolute atomic E-state index is 0.877. The molecular formula is C54H34N2O. The van der Waals surface area contributed by atoms with Gasteiger partial charge >= 0.3 is 0 Å². The Morgan fingerprint density at radius 2 is 0.912 bits per heavy atom. The molecule has 266 valence electrons. The Kier molecular flexibility index (Phi) is 6.93. The molecular weight excluding hydrogens is 693 g/mol. The van der Waals surface area contributed by atoms with Crippen LogP contribution in [0, 0.1) is 0 Å². The summed E-state index contributed by atoms with van der Waals surface area (Å²) in [6, 6.07) is 74.3. The van der Waals surface area contributed by atoms with Crippen molar-refractivity contribution in [2.75, 3.05) is 0 Å². The highest BCUT2D eigenvalue weighted by Crippen LogP contribution is 2.45. The largest absolute Gasteiger partial charge is 0.454 e. The van der Waals surface area contributed by atoms with Crippen LogP contribution >= 0.6 is 0 Å². The summed E-state index contributed by atoms with van der Waals surface area (Å²) >= 11 is 0. The third kappa shape index (κ3) is 4.79. The van der Waals surface area contributed by atoms with Crippen molar-refractivity contribution in [1.82, 2.24) is 9.13 Å². The van der Waals surface area contributed by atoms with Gasteiger partial charge in [-0.1, -0.05) is 146 Å². The van der Waals surface area contributed by atoms with Gasteiger partial charge in [-0.3, -0.25) is 0 Å². The molecule has 0 atom stereocenters. The van der Waals surface area contributed by atoms with Crippen molar-refractivity contribution in [1.29, 1.82) is 0 Å². The molecule has 57 heavy (non-hydrogen) atoms. The van der Waals surface area contributed by atoms with Crippen LogP contribution < -0.4 is 0 Å². The van der Waals surface area contributed by atoms with Crippen molar-refractivity contribution in [2.45, 2.75) is 0 Å². The summed E-state index contributed by atoms with van der Waals surface area (Å²) in [6.07, 6.45) is 0. The van der Waals surface area contributed by atoms with Gasteiger partial charge in [-0.05, 0) is 94.0 Å². The van der Waals surface area contributed by atoms with Gasteiger partial charge in [0.1, 0.15) is 5.58 Å². The Bertz CT molecular complexity index is 3510. The van der Waals surface area contributed by atoms with Crippen molar-refractivity contribution < 1.29 is 4.42 Å². The van der Waals surface area contributed by atoms with E-state index in [-0.39, 0.29) is 0 Å². The van der Waals surface area contributed by atoms with Crippen molar-refractivity contribution in [3.8, 4) is 44.8 Å². The second-order valence-electron chi connectivity index (χ2n) is 14.9. The molecule has 0 aliphatic rings. The predicted molar refractivity (Wildman–Crippen MR) is 239 cm³/mol. The quantitative estimate of drug-likeness (QED) is 0.173. The standard InChI is InChI=1S/C54H34N2O/c1-3-15-35(16-4-1)36-17-13-18-37(33-36)41-30-32-50(54-53(41)44-23-9-12-28-51(44)57-54)56-47-26-11-8-22-43(47)52-40(24-14-27-49(52)56)38-29-31-48-45(34-38)42-21-7-10-25-46(42)55(48)39-19-5-2-6-20-39/h1-34H. The van der Waals surface area contributed by atoms with Gasteiger partial charge in [0.15, 0.2) is 5.58 Å². The molecule has 3 aromatic heterocycles. The van der Waals surface area contributed by atoms with Crippen LogP contribution in [0.1, 0.15) is 0 Å². The third-order valence-electron chi connectivity index (χ3n) is 11.7. The zero-order chi connectivity index (χ0) is 37.5. The van der Waals surface area contributed by atoms with Crippen LogP contribution in [-0.4, -0.2) is 9.13 Å². The summed E-state index contributed by atoms with van der Waals surface area (Å²) < 4.78 is 11.7. The molecule has 0 bridgehead atoms. The van der Waals surface area contributed by atoms with Gasteiger partial charge in [0, 0.05) is 38.0 Å². The highest BCUT2D eigenvalue weighted by molar-refractivity contribution is 6.20. The molecule has 12 aromatic rings. The minimum Gasteiger partial charge on any atom is -0.454 e. The average molecular weight is 727 g/mol. The monoisotopic (exact) mass is 726 g/mol. The normalized spacial score (nSPS) is 11.9. The lowest BCUT2D eigenvalue weighted by molar-refractivity contribution is 0.666. The number of aromatic nitrogens is 2. The molecule has 0 fully saturated rings. The average Bonchev–Trinajstić information content (AvgIpc) is 3.95. The zero-order valence-electron chi connectivity index (χ0n) is 30.9. The molecule has 0 aliphatic heterocycles.